The number of rotatable bonds is 5. The second kappa shape index (κ2) is 7.65. The van der Waals surface area contributed by atoms with Crippen LogP contribution in [-0.4, -0.2) is 48.2 Å². The number of allylic oxidation sites excluding steroid dienone is 1. The lowest BCUT2D eigenvalue weighted by atomic mass is 9.63. The first-order chi connectivity index (χ1) is 16.0. The lowest BCUT2D eigenvalue weighted by Crippen LogP contribution is -2.56. The predicted molar refractivity (Wildman–Crippen MR) is 129 cm³/mol. The van der Waals surface area contributed by atoms with Crippen molar-refractivity contribution >= 4 is 22.0 Å². The van der Waals surface area contributed by atoms with Gasteiger partial charge < -0.3 is 5.11 Å². The fourth-order valence-corrected chi connectivity index (χ4v) is 10.0. The number of hydrogen-bond donors (Lipinski definition) is 1. The smallest absolute Gasteiger partial charge is 0.221 e. The number of amides is 1. The number of carbonyl (C=O) groups excluding carboxylic acids is 1. The Bertz CT molecular complexity index is 1210. The molecule has 34 heavy (non-hydrogen) atoms. The van der Waals surface area contributed by atoms with E-state index in [9.17, 15) is 18.3 Å². The molecule has 2 saturated carbocycles. The van der Waals surface area contributed by atoms with E-state index in [1.54, 1.807) is 4.31 Å². The van der Waals surface area contributed by atoms with Gasteiger partial charge in [-0.3, -0.25) is 4.79 Å². The van der Waals surface area contributed by atoms with E-state index in [0.717, 1.165) is 19.3 Å². The summed E-state index contributed by atoms with van der Waals surface area (Å²) in [6.07, 6.45) is 7.19. The quantitative estimate of drug-likeness (QED) is 0.383. The fraction of sp³-hybridized carbons (Fsp3) is 0.640. The van der Waals surface area contributed by atoms with Crippen molar-refractivity contribution in [2.24, 2.45) is 21.9 Å². The van der Waals surface area contributed by atoms with Crippen LogP contribution in [0.15, 0.2) is 35.5 Å². The maximum Gasteiger partial charge on any atom is 0.221 e. The molecule has 1 heterocycles. The van der Waals surface area contributed by atoms with E-state index in [2.05, 4.69) is 34.3 Å². The number of sulfonamides is 1. The zero-order valence-corrected chi connectivity index (χ0v) is 20.6. The molecule has 5 rings (SSSR count). The number of nitrogens with zero attached hydrogens (tertiary/aromatic N) is 4. The van der Waals surface area contributed by atoms with E-state index in [-0.39, 0.29) is 23.5 Å². The molecule has 1 aliphatic heterocycles. The minimum atomic E-state index is -3.69. The van der Waals surface area contributed by atoms with Crippen molar-refractivity contribution in [2.45, 2.75) is 63.4 Å². The minimum absolute atomic E-state index is 0.117. The van der Waals surface area contributed by atoms with Gasteiger partial charge in [0.25, 0.3) is 0 Å². The zero-order chi connectivity index (χ0) is 24.4. The fourth-order valence-electron chi connectivity index (χ4n) is 7.69. The Labute approximate surface area is 200 Å². The van der Waals surface area contributed by atoms with Crippen molar-refractivity contribution in [1.82, 2.24) is 4.31 Å². The molecule has 9 heteroatoms. The van der Waals surface area contributed by atoms with E-state index in [1.807, 2.05) is 26.0 Å². The molecule has 3 fully saturated rings. The van der Waals surface area contributed by atoms with Gasteiger partial charge in [-0.15, -0.1) is 0 Å². The SMILES string of the molecule is CC1(C)[C@@H]2CC[C@@]1(CS(=O)(=O)N1CCC3(C=Cc4ccccc43)CC1)[C@@](O)(CC(=O)N=[N+]=[N-])C2. The number of azide groups is 1. The topological polar surface area (TPSA) is 123 Å². The second-order valence-corrected chi connectivity index (χ2v) is 13.2. The highest BCUT2D eigenvalue weighted by molar-refractivity contribution is 7.89. The molecule has 8 nitrogen and oxygen atoms in total. The van der Waals surface area contributed by atoms with E-state index in [1.165, 1.54) is 11.1 Å². The Morgan fingerprint density at radius 2 is 1.94 bits per heavy atom. The summed E-state index contributed by atoms with van der Waals surface area (Å²) in [6.45, 7) is 4.89. The van der Waals surface area contributed by atoms with Crippen LogP contribution >= 0.6 is 0 Å². The summed E-state index contributed by atoms with van der Waals surface area (Å²) in [5.74, 6) is -0.809. The third-order valence-electron chi connectivity index (χ3n) is 9.76. The van der Waals surface area contributed by atoms with Crippen LogP contribution in [0, 0.1) is 16.7 Å². The van der Waals surface area contributed by atoms with Gasteiger partial charge in [-0.2, -0.15) is 0 Å². The first-order valence-corrected chi connectivity index (χ1v) is 13.7. The van der Waals surface area contributed by atoms with Crippen molar-refractivity contribution < 1.29 is 18.3 Å². The maximum atomic E-state index is 13.8. The van der Waals surface area contributed by atoms with Gasteiger partial charge >= 0.3 is 0 Å². The summed E-state index contributed by atoms with van der Waals surface area (Å²) in [4.78, 5) is 14.8. The number of benzene rings is 1. The number of fused-ring (bicyclic) bond motifs is 4. The Balaban J connectivity index is 1.39. The van der Waals surface area contributed by atoms with E-state index in [0.29, 0.717) is 25.9 Å². The van der Waals surface area contributed by atoms with E-state index >= 15 is 0 Å². The third kappa shape index (κ3) is 3.21. The van der Waals surface area contributed by atoms with Crippen molar-refractivity contribution in [1.29, 1.82) is 0 Å². The molecular formula is C25H32N4O4S. The average molecular weight is 485 g/mol. The molecule has 4 aliphatic rings. The molecule has 182 valence electrons. The largest absolute Gasteiger partial charge is 0.389 e. The number of piperidine rings is 1. The third-order valence-corrected chi connectivity index (χ3v) is 11.8. The molecule has 0 aromatic heterocycles. The molecule has 2 bridgehead atoms. The minimum Gasteiger partial charge on any atom is -0.389 e. The number of carbonyl (C=O) groups is 1. The highest BCUT2D eigenvalue weighted by atomic mass is 32.2. The van der Waals surface area contributed by atoms with Gasteiger partial charge in [-0.1, -0.05) is 50.3 Å². The van der Waals surface area contributed by atoms with Gasteiger partial charge in [0.2, 0.25) is 15.9 Å². The van der Waals surface area contributed by atoms with Crippen LogP contribution in [-0.2, 0) is 20.2 Å². The van der Waals surface area contributed by atoms with Crippen molar-refractivity contribution in [3.05, 3.63) is 51.9 Å². The summed E-state index contributed by atoms with van der Waals surface area (Å²) in [7, 11) is -3.69. The summed E-state index contributed by atoms with van der Waals surface area (Å²) in [6, 6.07) is 8.29. The van der Waals surface area contributed by atoms with E-state index < -0.39 is 32.4 Å². The van der Waals surface area contributed by atoms with E-state index in [4.69, 9.17) is 5.53 Å². The second-order valence-electron chi connectivity index (χ2n) is 11.3. The molecule has 1 saturated heterocycles. The molecule has 1 N–H and O–H groups in total. The van der Waals surface area contributed by atoms with Gasteiger partial charge in [-0.25, -0.2) is 12.7 Å². The van der Waals surface area contributed by atoms with Gasteiger partial charge in [0, 0.05) is 35.3 Å². The van der Waals surface area contributed by atoms with Crippen molar-refractivity contribution in [2.75, 3.05) is 18.8 Å². The standard InChI is InChI=1S/C25H32N4O4S/c1-22(2)19-8-10-24(22,25(31,15-19)16-21(30)27-28-26)17-34(32,33)29-13-11-23(12-14-29)9-7-18-5-3-4-6-20(18)23/h3-7,9,19,31H,8,10-17H2,1-2H3/t19-,24+,25+/m1/s1. The predicted octanol–water partition coefficient (Wildman–Crippen LogP) is 4.16. The molecule has 3 aliphatic carbocycles. The zero-order valence-electron chi connectivity index (χ0n) is 19.8. The molecule has 1 aromatic rings. The molecule has 1 aromatic carbocycles. The van der Waals surface area contributed by atoms with Crippen molar-refractivity contribution in [3.8, 4) is 0 Å². The summed E-state index contributed by atoms with van der Waals surface area (Å²) in [5, 5.41) is 14.9. The molecule has 0 unspecified atom stereocenters. The number of aliphatic hydroxyl groups is 1. The van der Waals surface area contributed by atoms with Gasteiger partial charge in [0.1, 0.15) is 0 Å². The van der Waals surface area contributed by atoms with Crippen LogP contribution in [0.5, 0.6) is 0 Å². The summed E-state index contributed by atoms with van der Waals surface area (Å²) < 4.78 is 29.2. The van der Waals surface area contributed by atoms with Crippen LogP contribution in [0.25, 0.3) is 16.5 Å². The Kier molecular flexibility index (Phi) is 5.30. The molecule has 0 radical (unpaired) electrons. The van der Waals surface area contributed by atoms with Gasteiger partial charge in [0.05, 0.1) is 11.4 Å². The van der Waals surface area contributed by atoms with Crippen LogP contribution in [0.4, 0.5) is 0 Å². The lowest BCUT2D eigenvalue weighted by Gasteiger charge is -2.48. The van der Waals surface area contributed by atoms with Crippen LogP contribution in [0.1, 0.15) is 63.5 Å². The van der Waals surface area contributed by atoms with Gasteiger partial charge in [0.15, 0.2) is 0 Å². The highest BCUT2D eigenvalue weighted by Crippen LogP contribution is 2.71. The Morgan fingerprint density at radius 1 is 1.24 bits per heavy atom. The molecular weight excluding hydrogens is 452 g/mol. The average Bonchev–Trinajstić information content (AvgIpc) is 3.30. The Morgan fingerprint density at radius 3 is 2.62 bits per heavy atom. The first kappa shape index (κ1) is 23.5. The van der Waals surface area contributed by atoms with Crippen LogP contribution < -0.4 is 0 Å². The van der Waals surface area contributed by atoms with Crippen LogP contribution in [0.2, 0.25) is 0 Å². The summed E-state index contributed by atoms with van der Waals surface area (Å²) >= 11 is 0. The molecule has 1 spiro atoms. The molecule has 3 atom stereocenters. The van der Waals surface area contributed by atoms with Crippen molar-refractivity contribution in [3.63, 3.8) is 0 Å². The molecule has 1 amide bonds. The lowest BCUT2D eigenvalue weighted by molar-refractivity contribution is -0.133. The Hall–Kier alpha value is -2.19. The van der Waals surface area contributed by atoms with Gasteiger partial charge in [-0.05, 0) is 65.2 Å². The first-order valence-electron chi connectivity index (χ1n) is 12.1. The normalized spacial score (nSPS) is 33.1. The monoisotopic (exact) mass is 484 g/mol. The highest BCUT2D eigenvalue weighted by Gasteiger charge is 2.72. The maximum absolute atomic E-state index is 13.8. The number of hydrogen-bond acceptors (Lipinski definition) is 4. The summed E-state index contributed by atoms with van der Waals surface area (Å²) in [5.41, 5.74) is 8.10. The van der Waals surface area contributed by atoms with Crippen LogP contribution in [0.3, 0.4) is 0 Å².